The SMILES string of the molecule is COc1ccc2c(c1)OCCC21CCCCC1. The van der Waals surface area contributed by atoms with Crippen LogP contribution in [-0.4, -0.2) is 13.7 Å². The highest BCUT2D eigenvalue weighted by Crippen LogP contribution is 2.48. The summed E-state index contributed by atoms with van der Waals surface area (Å²) in [5.41, 5.74) is 1.82. The second-order valence-corrected chi connectivity index (χ2v) is 5.30. The van der Waals surface area contributed by atoms with Gasteiger partial charge in [0.15, 0.2) is 0 Å². The molecule has 3 rings (SSSR count). The smallest absolute Gasteiger partial charge is 0.126 e. The largest absolute Gasteiger partial charge is 0.497 e. The fraction of sp³-hybridized carbons (Fsp3) is 0.600. The Morgan fingerprint density at radius 2 is 1.94 bits per heavy atom. The van der Waals surface area contributed by atoms with Crippen molar-refractivity contribution < 1.29 is 9.47 Å². The van der Waals surface area contributed by atoms with Crippen molar-refractivity contribution in [3.05, 3.63) is 23.8 Å². The lowest BCUT2D eigenvalue weighted by molar-refractivity contribution is 0.173. The minimum Gasteiger partial charge on any atom is -0.497 e. The summed E-state index contributed by atoms with van der Waals surface area (Å²) in [4.78, 5) is 0. The number of methoxy groups -OCH3 is 1. The first-order valence-electron chi connectivity index (χ1n) is 6.65. The minimum atomic E-state index is 0.401. The van der Waals surface area contributed by atoms with Gasteiger partial charge >= 0.3 is 0 Å². The molecule has 0 N–H and O–H groups in total. The Labute approximate surface area is 103 Å². The van der Waals surface area contributed by atoms with E-state index in [0.717, 1.165) is 18.1 Å². The van der Waals surface area contributed by atoms with Crippen LogP contribution < -0.4 is 9.47 Å². The number of ether oxygens (including phenoxy) is 2. The molecular weight excluding hydrogens is 212 g/mol. The molecule has 1 aliphatic carbocycles. The minimum absolute atomic E-state index is 0.401. The van der Waals surface area contributed by atoms with Gasteiger partial charge in [0, 0.05) is 17.0 Å². The van der Waals surface area contributed by atoms with E-state index >= 15 is 0 Å². The van der Waals surface area contributed by atoms with Crippen molar-refractivity contribution in [2.45, 2.75) is 43.9 Å². The molecule has 2 heteroatoms. The molecule has 1 aromatic carbocycles. The van der Waals surface area contributed by atoms with Gasteiger partial charge in [-0.2, -0.15) is 0 Å². The van der Waals surface area contributed by atoms with Crippen LogP contribution in [0, 0.1) is 0 Å². The van der Waals surface area contributed by atoms with E-state index in [1.54, 1.807) is 7.11 Å². The number of benzene rings is 1. The third-order valence-corrected chi connectivity index (χ3v) is 4.41. The maximum absolute atomic E-state index is 5.81. The summed E-state index contributed by atoms with van der Waals surface area (Å²) in [7, 11) is 1.71. The number of rotatable bonds is 1. The van der Waals surface area contributed by atoms with Gasteiger partial charge in [-0.15, -0.1) is 0 Å². The predicted molar refractivity (Wildman–Crippen MR) is 67.9 cm³/mol. The molecule has 2 aliphatic rings. The van der Waals surface area contributed by atoms with Crippen molar-refractivity contribution in [1.29, 1.82) is 0 Å². The lowest BCUT2D eigenvalue weighted by atomic mass is 9.66. The molecule has 17 heavy (non-hydrogen) atoms. The highest BCUT2D eigenvalue weighted by Gasteiger charge is 2.38. The van der Waals surface area contributed by atoms with Crippen LogP contribution in [0.2, 0.25) is 0 Å². The first kappa shape index (κ1) is 10.9. The Kier molecular flexibility index (Phi) is 2.73. The summed E-state index contributed by atoms with van der Waals surface area (Å²) < 4.78 is 11.1. The van der Waals surface area contributed by atoms with Gasteiger partial charge in [0.2, 0.25) is 0 Å². The van der Waals surface area contributed by atoms with Gasteiger partial charge in [-0.05, 0) is 25.3 Å². The van der Waals surface area contributed by atoms with Gasteiger partial charge in [-0.3, -0.25) is 0 Å². The second-order valence-electron chi connectivity index (χ2n) is 5.30. The van der Waals surface area contributed by atoms with Crippen molar-refractivity contribution >= 4 is 0 Å². The Morgan fingerprint density at radius 3 is 2.71 bits per heavy atom. The summed E-state index contributed by atoms with van der Waals surface area (Å²) >= 11 is 0. The quantitative estimate of drug-likeness (QED) is 0.735. The first-order chi connectivity index (χ1) is 8.34. The molecule has 2 nitrogen and oxygen atoms in total. The van der Waals surface area contributed by atoms with Crippen LogP contribution >= 0.6 is 0 Å². The highest BCUT2D eigenvalue weighted by atomic mass is 16.5. The van der Waals surface area contributed by atoms with Crippen LogP contribution in [0.1, 0.15) is 44.1 Å². The van der Waals surface area contributed by atoms with E-state index in [4.69, 9.17) is 9.47 Å². The van der Waals surface area contributed by atoms with E-state index in [1.165, 1.54) is 44.1 Å². The van der Waals surface area contributed by atoms with E-state index in [-0.39, 0.29) is 0 Å². The molecule has 92 valence electrons. The standard InChI is InChI=1S/C15H20O2/c1-16-12-5-6-13-14(11-12)17-10-9-15(13)7-3-2-4-8-15/h5-6,11H,2-4,7-10H2,1H3. The highest BCUT2D eigenvalue weighted by molar-refractivity contribution is 5.46. The Bertz CT molecular complexity index is 405. The molecule has 1 saturated carbocycles. The molecule has 1 spiro atoms. The van der Waals surface area contributed by atoms with Crippen molar-refractivity contribution in [3.63, 3.8) is 0 Å². The zero-order chi connectivity index (χ0) is 11.7. The number of fused-ring (bicyclic) bond motifs is 2. The van der Waals surface area contributed by atoms with Gasteiger partial charge in [-0.1, -0.05) is 25.3 Å². The van der Waals surface area contributed by atoms with E-state index in [0.29, 0.717) is 5.41 Å². The molecule has 1 aliphatic heterocycles. The third-order valence-electron chi connectivity index (χ3n) is 4.41. The monoisotopic (exact) mass is 232 g/mol. The molecule has 0 unspecified atom stereocenters. The van der Waals surface area contributed by atoms with Gasteiger partial charge in [0.25, 0.3) is 0 Å². The Balaban J connectivity index is 2.01. The van der Waals surface area contributed by atoms with E-state index in [1.807, 2.05) is 6.07 Å². The van der Waals surface area contributed by atoms with Gasteiger partial charge in [-0.25, -0.2) is 0 Å². The van der Waals surface area contributed by atoms with E-state index < -0.39 is 0 Å². The molecule has 1 aromatic rings. The molecule has 0 amide bonds. The topological polar surface area (TPSA) is 18.5 Å². The predicted octanol–water partition coefficient (Wildman–Crippen LogP) is 3.68. The van der Waals surface area contributed by atoms with Gasteiger partial charge in [0.1, 0.15) is 11.5 Å². The van der Waals surface area contributed by atoms with Crippen LogP contribution in [0.5, 0.6) is 11.5 Å². The molecule has 0 saturated heterocycles. The normalized spacial score (nSPS) is 21.7. The summed E-state index contributed by atoms with van der Waals surface area (Å²) in [6.45, 7) is 0.861. The molecule has 0 atom stereocenters. The van der Waals surface area contributed by atoms with Crippen molar-refractivity contribution in [3.8, 4) is 11.5 Å². The van der Waals surface area contributed by atoms with Crippen LogP contribution in [-0.2, 0) is 5.41 Å². The fourth-order valence-corrected chi connectivity index (χ4v) is 3.43. The average Bonchev–Trinajstić information content (AvgIpc) is 2.39. The van der Waals surface area contributed by atoms with E-state index in [2.05, 4.69) is 12.1 Å². The summed E-state index contributed by atoms with van der Waals surface area (Å²) in [5, 5.41) is 0. The maximum atomic E-state index is 5.81. The molecule has 0 aromatic heterocycles. The molecular formula is C15H20O2. The molecule has 1 heterocycles. The summed E-state index contributed by atoms with van der Waals surface area (Å²) in [6, 6.07) is 6.34. The third kappa shape index (κ3) is 1.80. The zero-order valence-corrected chi connectivity index (χ0v) is 10.5. The first-order valence-corrected chi connectivity index (χ1v) is 6.65. The fourth-order valence-electron chi connectivity index (χ4n) is 3.43. The zero-order valence-electron chi connectivity index (χ0n) is 10.5. The van der Waals surface area contributed by atoms with Crippen LogP contribution in [0.25, 0.3) is 0 Å². The Morgan fingerprint density at radius 1 is 1.12 bits per heavy atom. The number of hydrogen-bond acceptors (Lipinski definition) is 2. The van der Waals surface area contributed by atoms with Crippen LogP contribution in [0.3, 0.4) is 0 Å². The maximum Gasteiger partial charge on any atom is 0.126 e. The Hall–Kier alpha value is -1.18. The number of hydrogen-bond donors (Lipinski definition) is 0. The second kappa shape index (κ2) is 4.25. The van der Waals surface area contributed by atoms with Crippen molar-refractivity contribution in [2.75, 3.05) is 13.7 Å². The van der Waals surface area contributed by atoms with Crippen molar-refractivity contribution in [2.24, 2.45) is 0 Å². The lowest BCUT2D eigenvalue weighted by Crippen LogP contribution is -2.34. The van der Waals surface area contributed by atoms with E-state index in [9.17, 15) is 0 Å². The van der Waals surface area contributed by atoms with Crippen LogP contribution in [0.15, 0.2) is 18.2 Å². The van der Waals surface area contributed by atoms with Gasteiger partial charge in [0.05, 0.1) is 13.7 Å². The lowest BCUT2D eigenvalue weighted by Gasteiger charge is -2.41. The van der Waals surface area contributed by atoms with Crippen molar-refractivity contribution in [1.82, 2.24) is 0 Å². The molecule has 0 bridgehead atoms. The van der Waals surface area contributed by atoms with Gasteiger partial charge < -0.3 is 9.47 Å². The molecule has 1 fully saturated rings. The summed E-state index contributed by atoms with van der Waals surface area (Å²) in [6.07, 6.45) is 7.97. The molecule has 0 radical (unpaired) electrons. The summed E-state index contributed by atoms with van der Waals surface area (Å²) in [5.74, 6) is 1.95. The van der Waals surface area contributed by atoms with Crippen LogP contribution in [0.4, 0.5) is 0 Å². The average molecular weight is 232 g/mol.